The summed E-state index contributed by atoms with van der Waals surface area (Å²) in [5, 5.41) is 5.59. The molecular formula is C12H18BrNS. The van der Waals surface area contributed by atoms with Gasteiger partial charge in [0.15, 0.2) is 0 Å². The summed E-state index contributed by atoms with van der Waals surface area (Å²) in [5.74, 6) is 1.69. The van der Waals surface area contributed by atoms with Crippen LogP contribution in [0.25, 0.3) is 0 Å². The van der Waals surface area contributed by atoms with E-state index in [-0.39, 0.29) is 0 Å². The van der Waals surface area contributed by atoms with Crippen molar-refractivity contribution >= 4 is 27.3 Å². The number of hydrogen-bond acceptors (Lipinski definition) is 2. The lowest BCUT2D eigenvalue weighted by molar-refractivity contribution is 0.137. The molecule has 1 aromatic heterocycles. The number of likely N-dealkylation sites (tertiary alicyclic amines) is 1. The zero-order valence-electron chi connectivity index (χ0n) is 9.16. The standard InChI is InChI=1S/C12H18BrNS/c1-10-4-12(5-13)8-14(6-10)7-11-2-3-15-9-11/h2-3,9-10,12H,4-8H2,1H3. The van der Waals surface area contributed by atoms with Crippen LogP contribution in [0.4, 0.5) is 0 Å². The molecular weight excluding hydrogens is 270 g/mol. The predicted molar refractivity (Wildman–Crippen MR) is 70.7 cm³/mol. The first-order chi connectivity index (χ1) is 7.28. The van der Waals surface area contributed by atoms with Crippen molar-refractivity contribution < 1.29 is 0 Å². The molecule has 1 aliphatic heterocycles. The number of rotatable bonds is 3. The van der Waals surface area contributed by atoms with E-state index in [1.165, 1.54) is 25.1 Å². The van der Waals surface area contributed by atoms with Crippen LogP contribution in [0, 0.1) is 11.8 Å². The van der Waals surface area contributed by atoms with E-state index in [2.05, 4.69) is 44.6 Å². The number of nitrogens with zero attached hydrogens (tertiary/aromatic N) is 1. The summed E-state index contributed by atoms with van der Waals surface area (Å²) in [4.78, 5) is 2.60. The highest BCUT2D eigenvalue weighted by Gasteiger charge is 2.23. The first kappa shape index (κ1) is 11.6. The highest BCUT2D eigenvalue weighted by atomic mass is 79.9. The van der Waals surface area contributed by atoms with Crippen LogP contribution < -0.4 is 0 Å². The van der Waals surface area contributed by atoms with E-state index in [0.717, 1.165) is 23.7 Å². The highest BCUT2D eigenvalue weighted by Crippen LogP contribution is 2.24. The van der Waals surface area contributed by atoms with E-state index in [1.807, 2.05) is 0 Å². The van der Waals surface area contributed by atoms with E-state index in [4.69, 9.17) is 0 Å². The van der Waals surface area contributed by atoms with Gasteiger partial charge in [-0.15, -0.1) is 0 Å². The van der Waals surface area contributed by atoms with Crippen molar-refractivity contribution in [3.63, 3.8) is 0 Å². The lowest BCUT2D eigenvalue weighted by Crippen LogP contribution is -2.39. The van der Waals surface area contributed by atoms with E-state index in [1.54, 1.807) is 11.3 Å². The van der Waals surface area contributed by atoms with Gasteiger partial charge in [0.25, 0.3) is 0 Å². The average Bonchev–Trinajstić information content (AvgIpc) is 2.69. The molecule has 0 aliphatic carbocycles. The van der Waals surface area contributed by atoms with Gasteiger partial charge in [0.2, 0.25) is 0 Å². The molecule has 2 unspecified atom stereocenters. The molecule has 0 amide bonds. The van der Waals surface area contributed by atoms with Gasteiger partial charge in [-0.3, -0.25) is 4.90 Å². The van der Waals surface area contributed by atoms with Gasteiger partial charge < -0.3 is 0 Å². The van der Waals surface area contributed by atoms with E-state index in [0.29, 0.717) is 0 Å². The molecule has 15 heavy (non-hydrogen) atoms. The fraction of sp³-hybridized carbons (Fsp3) is 0.667. The molecule has 2 atom stereocenters. The van der Waals surface area contributed by atoms with Crippen molar-refractivity contribution in [1.82, 2.24) is 4.90 Å². The maximum absolute atomic E-state index is 3.62. The molecule has 1 saturated heterocycles. The van der Waals surface area contributed by atoms with Crippen LogP contribution >= 0.6 is 27.3 Å². The topological polar surface area (TPSA) is 3.24 Å². The molecule has 1 aromatic rings. The van der Waals surface area contributed by atoms with Crippen molar-refractivity contribution in [1.29, 1.82) is 0 Å². The Labute approximate surface area is 105 Å². The minimum atomic E-state index is 0.840. The Balaban J connectivity index is 1.91. The second-order valence-electron chi connectivity index (χ2n) is 4.69. The molecule has 0 aromatic carbocycles. The number of hydrogen-bond donors (Lipinski definition) is 0. The molecule has 1 aliphatic rings. The Morgan fingerprint density at radius 1 is 1.53 bits per heavy atom. The lowest BCUT2D eigenvalue weighted by atomic mass is 9.92. The summed E-state index contributed by atoms with van der Waals surface area (Å²) < 4.78 is 0. The number of halogens is 1. The maximum atomic E-state index is 3.62. The summed E-state index contributed by atoms with van der Waals surface area (Å²) in [6.07, 6.45) is 1.38. The molecule has 0 spiro atoms. The van der Waals surface area contributed by atoms with E-state index >= 15 is 0 Å². The minimum absolute atomic E-state index is 0.840. The summed E-state index contributed by atoms with van der Waals surface area (Å²) >= 11 is 5.42. The van der Waals surface area contributed by atoms with E-state index < -0.39 is 0 Å². The fourth-order valence-electron chi connectivity index (χ4n) is 2.48. The van der Waals surface area contributed by atoms with Crippen LogP contribution in [-0.4, -0.2) is 23.3 Å². The van der Waals surface area contributed by atoms with Gasteiger partial charge in [-0.25, -0.2) is 0 Å². The third kappa shape index (κ3) is 3.30. The van der Waals surface area contributed by atoms with Gasteiger partial charge in [-0.1, -0.05) is 22.9 Å². The Morgan fingerprint density at radius 3 is 3.07 bits per heavy atom. The van der Waals surface area contributed by atoms with Gasteiger partial charge in [0.1, 0.15) is 0 Å². The molecule has 1 fully saturated rings. The summed E-state index contributed by atoms with van der Waals surface area (Å²) in [6.45, 7) is 6.03. The molecule has 3 heteroatoms. The fourth-order valence-corrected chi connectivity index (χ4v) is 3.61. The first-order valence-corrected chi connectivity index (χ1v) is 7.63. The average molecular weight is 288 g/mol. The van der Waals surface area contributed by atoms with Crippen LogP contribution in [0.5, 0.6) is 0 Å². The maximum Gasteiger partial charge on any atom is 0.0242 e. The zero-order valence-corrected chi connectivity index (χ0v) is 11.6. The number of thiophene rings is 1. The molecule has 0 N–H and O–H groups in total. The van der Waals surface area contributed by atoms with Gasteiger partial charge in [-0.05, 0) is 40.6 Å². The number of alkyl halides is 1. The summed E-state index contributed by atoms with van der Waals surface area (Å²) in [5.41, 5.74) is 1.47. The largest absolute Gasteiger partial charge is 0.298 e. The first-order valence-electron chi connectivity index (χ1n) is 5.57. The van der Waals surface area contributed by atoms with Crippen LogP contribution in [0.3, 0.4) is 0 Å². The Hall–Kier alpha value is 0.140. The van der Waals surface area contributed by atoms with Crippen LogP contribution in [0.2, 0.25) is 0 Å². The monoisotopic (exact) mass is 287 g/mol. The van der Waals surface area contributed by atoms with Crippen molar-refractivity contribution in [3.8, 4) is 0 Å². The summed E-state index contributed by atoms with van der Waals surface area (Å²) in [6, 6.07) is 2.24. The normalized spacial score (nSPS) is 28.1. The Kier molecular flexibility index (Phi) is 4.23. The smallest absolute Gasteiger partial charge is 0.0242 e. The molecule has 0 bridgehead atoms. The Bertz CT molecular complexity index is 286. The molecule has 1 nitrogen and oxygen atoms in total. The third-order valence-electron chi connectivity index (χ3n) is 3.03. The van der Waals surface area contributed by atoms with Gasteiger partial charge in [0, 0.05) is 25.0 Å². The highest BCUT2D eigenvalue weighted by molar-refractivity contribution is 9.09. The van der Waals surface area contributed by atoms with Crippen molar-refractivity contribution in [2.24, 2.45) is 11.8 Å². The quantitative estimate of drug-likeness (QED) is 0.768. The second kappa shape index (κ2) is 5.46. The lowest BCUT2D eigenvalue weighted by Gasteiger charge is -2.35. The molecule has 0 radical (unpaired) electrons. The zero-order chi connectivity index (χ0) is 10.7. The van der Waals surface area contributed by atoms with Crippen molar-refractivity contribution in [3.05, 3.63) is 22.4 Å². The van der Waals surface area contributed by atoms with Gasteiger partial charge in [-0.2, -0.15) is 11.3 Å². The SMILES string of the molecule is CC1CC(CBr)CN(Cc2ccsc2)C1. The van der Waals surface area contributed by atoms with Crippen LogP contribution in [0.15, 0.2) is 16.8 Å². The third-order valence-corrected chi connectivity index (χ3v) is 4.67. The Morgan fingerprint density at radius 2 is 2.40 bits per heavy atom. The molecule has 2 heterocycles. The number of piperidine rings is 1. The molecule has 84 valence electrons. The predicted octanol–water partition coefficient (Wildman–Crippen LogP) is 3.60. The minimum Gasteiger partial charge on any atom is -0.298 e. The van der Waals surface area contributed by atoms with Crippen LogP contribution in [0.1, 0.15) is 18.9 Å². The molecule has 2 rings (SSSR count). The van der Waals surface area contributed by atoms with E-state index in [9.17, 15) is 0 Å². The van der Waals surface area contributed by atoms with Gasteiger partial charge in [0.05, 0.1) is 0 Å². The van der Waals surface area contributed by atoms with Gasteiger partial charge >= 0.3 is 0 Å². The summed E-state index contributed by atoms with van der Waals surface area (Å²) in [7, 11) is 0. The van der Waals surface area contributed by atoms with Crippen LogP contribution in [-0.2, 0) is 6.54 Å². The second-order valence-corrected chi connectivity index (χ2v) is 6.11. The molecule has 0 saturated carbocycles. The van der Waals surface area contributed by atoms with Crippen molar-refractivity contribution in [2.45, 2.75) is 19.9 Å². The van der Waals surface area contributed by atoms with Crippen molar-refractivity contribution in [2.75, 3.05) is 18.4 Å².